The molecule has 0 spiro atoms. The van der Waals surface area contributed by atoms with Crippen molar-refractivity contribution < 1.29 is 22.7 Å². The van der Waals surface area contributed by atoms with Gasteiger partial charge in [-0.15, -0.1) is 0 Å². The molecule has 7 nitrogen and oxygen atoms in total. The van der Waals surface area contributed by atoms with Gasteiger partial charge in [-0.3, -0.25) is 9.10 Å². The normalized spacial score (nSPS) is 12.1. The Morgan fingerprint density at radius 3 is 2.14 bits per heavy atom. The van der Waals surface area contributed by atoms with Crippen LogP contribution in [-0.4, -0.2) is 39.7 Å². The fourth-order valence-electron chi connectivity index (χ4n) is 2.68. The largest absolute Gasteiger partial charge is 0.465 e. The highest BCUT2D eigenvalue weighted by Crippen LogP contribution is 2.25. The Kier molecular flexibility index (Phi) is 7.04. The van der Waals surface area contributed by atoms with E-state index in [9.17, 15) is 18.0 Å². The van der Waals surface area contributed by atoms with Gasteiger partial charge in [-0.2, -0.15) is 0 Å². The summed E-state index contributed by atoms with van der Waals surface area (Å²) >= 11 is 5.88. The number of halogens is 1. The first-order valence-electron chi connectivity index (χ1n) is 8.41. The number of hydrogen-bond acceptors (Lipinski definition) is 5. The summed E-state index contributed by atoms with van der Waals surface area (Å²) in [7, 11) is -2.45. The standard InChI is InChI=1S/C19H21ClN2O5S/c1-4-17(22(28(3,25)26)16-11-7-14(20)8-12-16)18(23)21-15-9-5-13(6-10-15)19(24)27-2/h5-12,17H,4H2,1-3H3,(H,21,23)/t17-/m0/s1. The Balaban J connectivity index is 2.29. The van der Waals surface area contributed by atoms with Crippen molar-refractivity contribution >= 4 is 44.9 Å². The second-order valence-corrected chi connectivity index (χ2v) is 8.31. The van der Waals surface area contributed by atoms with E-state index in [-0.39, 0.29) is 6.42 Å². The zero-order valence-corrected chi connectivity index (χ0v) is 17.3. The van der Waals surface area contributed by atoms with Gasteiger partial charge in [-0.1, -0.05) is 18.5 Å². The Morgan fingerprint density at radius 1 is 1.11 bits per heavy atom. The van der Waals surface area contributed by atoms with Crippen molar-refractivity contribution in [3.8, 4) is 0 Å². The second kappa shape index (κ2) is 9.07. The van der Waals surface area contributed by atoms with Crippen molar-refractivity contribution in [2.24, 2.45) is 0 Å². The average molecular weight is 425 g/mol. The second-order valence-electron chi connectivity index (χ2n) is 6.02. The SMILES string of the molecule is CC[C@@H](C(=O)Nc1ccc(C(=O)OC)cc1)N(c1ccc(Cl)cc1)S(C)(=O)=O. The fourth-order valence-corrected chi connectivity index (χ4v) is 4.02. The van der Waals surface area contributed by atoms with Gasteiger partial charge < -0.3 is 10.1 Å². The van der Waals surface area contributed by atoms with Gasteiger partial charge in [0.1, 0.15) is 6.04 Å². The Labute approximate surface area is 169 Å². The van der Waals surface area contributed by atoms with Gasteiger partial charge in [0, 0.05) is 10.7 Å². The third-order valence-electron chi connectivity index (χ3n) is 3.98. The molecule has 0 aliphatic carbocycles. The number of amides is 1. The molecule has 0 saturated heterocycles. The molecule has 0 fully saturated rings. The smallest absolute Gasteiger partial charge is 0.337 e. The number of carbonyl (C=O) groups excluding carboxylic acids is 2. The third-order valence-corrected chi connectivity index (χ3v) is 5.42. The Bertz CT molecular complexity index is 943. The van der Waals surface area contributed by atoms with E-state index in [0.29, 0.717) is 22.0 Å². The number of nitrogens with one attached hydrogen (secondary N) is 1. The highest BCUT2D eigenvalue weighted by molar-refractivity contribution is 7.92. The van der Waals surface area contributed by atoms with Crippen LogP contribution >= 0.6 is 11.6 Å². The molecular formula is C19H21ClN2O5S. The number of carbonyl (C=O) groups is 2. The number of anilines is 2. The zero-order chi connectivity index (χ0) is 20.9. The molecule has 0 bridgehead atoms. The maximum atomic E-state index is 12.8. The van der Waals surface area contributed by atoms with Gasteiger partial charge in [0.05, 0.1) is 24.6 Å². The summed E-state index contributed by atoms with van der Waals surface area (Å²) in [6.45, 7) is 1.72. The van der Waals surface area contributed by atoms with E-state index in [2.05, 4.69) is 10.1 Å². The minimum absolute atomic E-state index is 0.252. The maximum absolute atomic E-state index is 12.8. The lowest BCUT2D eigenvalue weighted by atomic mass is 10.1. The topological polar surface area (TPSA) is 92.8 Å². The molecule has 2 aromatic carbocycles. The van der Waals surface area contributed by atoms with E-state index >= 15 is 0 Å². The van der Waals surface area contributed by atoms with Crippen LogP contribution in [0, 0.1) is 0 Å². The lowest BCUT2D eigenvalue weighted by molar-refractivity contribution is -0.117. The molecule has 28 heavy (non-hydrogen) atoms. The van der Waals surface area contributed by atoms with Crippen LogP contribution in [0.3, 0.4) is 0 Å². The van der Waals surface area contributed by atoms with E-state index in [1.807, 2.05) is 0 Å². The van der Waals surface area contributed by atoms with Crippen LogP contribution in [0.2, 0.25) is 5.02 Å². The van der Waals surface area contributed by atoms with Crippen LogP contribution in [0.25, 0.3) is 0 Å². The van der Waals surface area contributed by atoms with Crippen molar-refractivity contribution in [2.75, 3.05) is 23.0 Å². The molecule has 1 atom stereocenters. The summed E-state index contributed by atoms with van der Waals surface area (Å²) in [6.07, 6.45) is 1.30. The van der Waals surface area contributed by atoms with E-state index in [1.54, 1.807) is 43.3 Å². The van der Waals surface area contributed by atoms with E-state index in [0.717, 1.165) is 10.6 Å². The van der Waals surface area contributed by atoms with Crippen molar-refractivity contribution in [3.05, 3.63) is 59.1 Å². The van der Waals surface area contributed by atoms with Gasteiger partial charge in [0.25, 0.3) is 0 Å². The fraction of sp³-hybridized carbons (Fsp3) is 0.263. The number of benzene rings is 2. The third kappa shape index (κ3) is 5.24. The predicted molar refractivity (Wildman–Crippen MR) is 109 cm³/mol. The van der Waals surface area contributed by atoms with Gasteiger partial charge in [-0.25, -0.2) is 13.2 Å². The van der Waals surface area contributed by atoms with Crippen LogP contribution < -0.4 is 9.62 Å². The molecule has 0 heterocycles. The van der Waals surface area contributed by atoms with Gasteiger partial charge in [0.2, 0.25) is 15.9 Å². The maximum Gasteiger partial charge on any atom is 0.337 e. The first-order valence-corrected chi connectivity index (χ1v) is 10.6. The monoisotopic (exact) mass is 424 g/mol. The number of esters is 1. The molecule has 0 saturated carbocycles. The quantitative estimate of drug-likeness (QED) is 0.688. The minimum Gasteiger partial charge on any atom is -0.465 e. The lowest BCUT2D eigenvalue weighted by Gasteiger charge is -2.30. The van der Waals surface area contributed by atoms with Gasteiger partial charge in [0.15, 0.2) is 0 Å². The molecule has 0 aliphatic rings. The van der Waals surface area contributed by atoms with Gasteiger partial charge >= 0.3 is 5.97 Å². The highest BCUT2D eigenvalue weighted by Gasteiger charge is 2.31. The number of sulfonamides is 1. The van der Waals surface area contributed by atoms with E-state index in [1.165, 1.54) is 19.2 Å². The predicted octanol–water partition coefficient (Wildman–Crippen LogP) is 3.31. The molecule has 1 N–H and O–H groups in total. The van der Waals surface area contributed by atoms with Gasteiger partial charge in [-0.05, 0) is 55.0 Å². The van der Waals surface area contributed by atoms with Crippen LogP contribution in [0.1, 0.15) is 23.7 Å². The summed E-state index contributed by atoms with van der Waals surface area (Å²) in [4.78, 5) is 24.3. The molecule has 150 valence electrons. The summed E-state index contributed by atoms with van der Waals surface area (Å²) in [5.41, 5.74) is 1.11. The molecule has 0 aliphatic heterocycles. The average Bonchev–Trinajstić information content (AvgIpc) is 2.66. The summed E-state index contributed by atoms with van der Waals surface area (Å²) in [6, 6.07) is 11.4. The van der Waals surface area contributed by atoms with Crippen LogP contribution in [0.15, 0.2) is 48.5 Å². The number of ether oxygens (including phenoxy) is 1. The van der Waals surface area contributed by atoms with Crippen molar-refractivity contribution in [3.63, 3.8) is 0 Å². The molecule has 9 heteroatoms. The van der Waals surface area contributed by atoms with Crippen molar-refractivity contribution in [1.29, 1.82) is 0 Å². The van der Waals surface area contributed by atoms with Crippen molar-refractivity contribution in [2.45, 2.75) is 19.4 Å². The van der Waals surface area contributed by atoms with Crippen LogP contribution in [0.5, 0.6) is 0 Å². The molecule has 1 amide bonds. The number of hydrogen-bond donors (Lipinski definition) is 1. The highest BCUT2D eigenvalue weighted by atomic mass is 35.5. The van der Waals surface area contributed by atoms with E-state index in [4.69, 9.17) is 11.6 Å². The molecule has 2 aromatic rings. The first-order chi connectivity index (χ1) is 13.2. The summed E-state index contributed by atoms with van der Waals surface area (Å²) in [5, 5.41) is 3.15. The first kappa shape index (κ1) is 21.7. The number of nitrogens with zero attached hydrogens (tertiary/aromatic N) is 1. The number of methoxy groups -OCH3 is 1. The summed E-state index contributed by atoms with van der Waals surface area (Å²) in [5.74, 6) is -0.982. The van der Waals surface area contributed by atoms with Crippen LogP contribution in [0.4, 0.5) is 11.4 Å². The lowest BCUT2D eigenvalue weighted by Crippen LogP contribution is -2.47. The molecule has 2 rings (SSSR count). The van der Waals surface area contributed by atoms with E-state index < -0.39 is 27.9 Å². The number of rotatable bonds is 7. The molecule has 0 radical (unpaired) electrons. The summed E-state index contributed by atoms with van der Waals surface area (Å²) < 4.78 is 30.5. The van der Waals surface area contributed by atoms with Crippen molar-refractivity contribution in [1.82, 2.24) is 0 Å². The molecule has 0 unspecified atom stereocenters. The molecule has 0 aromatic heterocycles. The molecular weight excluding hydrogens is 404 g/mol. The van der Waals surface area contributed by atoms with Crippen LogP contribution in [-0.2, 0) is 19.6 Å². The Hall–Kier alpha value is -2.58. The zero-order valence-electron chi connectivity index (χ0n) is 15.7. The minimum atomic E-state index is -3.73. The Morgan fingerprint density at radius 2 is 1.68 bits per heavy atom.